The molecule has 1 saturated carbocycles. The fourth-order valence-corrected chi connectivity index (χ4v) is 1.88. The Bertz CT molecular complexity index is 559. The Morgan fingerprint density at radius 2 is 2.25 bits per heavy atom. The highest BCUT2D eigenvalue weighted by Crippen LogP contribution is 2.35. The summed E-state index contributed by atoms with van der Waals surface area (Å²) in [6.07, 6.45) is 5.23. The smallest absolute Gasteiger partial charge is 0.374 e. The molecule has 3 rings (SSSR count). The Kier molecular flexibility index (Phi) is 1.89. The average Bonchev–Trinajstić information content (AvgIpc) is 2.57. The number of hydrogen-bond donors (Lipinski definition) is 1. The molecule has 16 heavy (non-hydrogen) atoms. The molecule has 82 valence electrons. The predicted molar refractivity (Wildman–Crippen MR) is 54.3 cm³/mol. The first-order valence-corrected chi connectivity index (χ1v) is 5.20. The van der Waals surface area contributed by atoms with Crippen molar-refractivity contribution in [2.45, 2.75) is 25.2 Å². The number of aromatic nitrogens is 4. The number of rotatable bonds is 2. The summed E-state index contributed by atoms with van der Waals surface area (Å²) in [6, 6.07) is 1.85. The lowest BCUT2D eigenvalue weighted by Crippen LogP contribution is -2.11. The van der Waals surface area contributed by atoms with Crippen LogP contribution in [0, 0.1) is 0 Å². The molecule has 2 aromatic rings. The topological polar surface area (TPSA) is 80.4 Å². The maximum atomic E-state index is 10.8. The number of hydrogen-bond acceptors (Lipinski definition) is 4. The van der Waals surface area contributed by atoms with Gasteiger partial charge in [0, 0.05) is 17.8 Å². The molecule has 0 radical (unpaired) electrons. The van der Waals surface area contributed by atoms with Gasteiger partial charge in [-0.3, -0.25) is 4.40 Å². The monoisotopic (exact) mass is 218 g/mol. The van der Waals surface area contributed by atoms with Gasteiger partial charge in [0.2, 0.25) is 5.82 Å². The number of carbonyl (C=O) groups is 1. The highest BCUT2D eigenvalue weighted by molar-refractivity contribution is 5.84. The summed E-state index contributed by atoms with van der Waals surface area (Å²) in [6.45, 7) is 0. The van der Waals surface area contributed by atoms with Crippen molar-refractivity contribution in [1.82, 2.24) is 19.6 Å². The molecule has 0 spiro atoms. The molecule has 0 bridgehead atoms. The van der Waals surface area contributed by atoms with E-state index in [9.17, 15) is 4.79 Å². The standard InChI is InChI=1S/C10H10N4O2/c15-9(16)8-12-13-10-11-7(4-5-14(8)10)6-2-1-3-6/h4-6H,1-3H2,(H,15,16). The second-order valence-electron chi connectivity index (χ2n) is 3.98. The van der Waals surface area contributed by atoms with Gasteiger partial charge in [-0.25, -0.2) is 9.78 Å². The van der Waals surface area contributed by atoms with Gasteiger partial charge in [0.1, 0.15) is 0 Å². The normalized spacial score (nSPS) is 16.2. The molecule has 2 aromatic heterocycles. The number of fused-ring (bicyclic) bond motifs is 1. The Morgan fingerprint density at radius 1 is 1.44 bits per heavy atom. The van der Waals surface area contributed by atoms with Gasteiger partial charge in [-0.2, -0.15) is 0 Å². The number of carboxylic acid groups (broad SMARTS) is 1. The molecule has 0 amide bonds. The van der Waals surface area contributed by atoms with E-state index in [1.54, 1.807) is 6.20 Å². The van der Waals surface area contributed by atoms with E-state index >= 15 is 0 Å². The van der Waals surface area contributed by atoms with Crippen LogP contribution in [0.3, 0.4) is 0 Å². The van der Waals surface area contributed by atoms with E-state index in [1.807, 2.05) is 6.07 Å². The Hall–Kier alpha value is -1.98. The SMILES string of the molecule is O=C(O)c1nnc2nc(C3CCC3)ccn12. The molecule has 0 unspecified atom stereocenters. The minimum atomic E-state index is -1.09. The van der Waals surface area contributed by atoms with Crippen LogP contribution in [0.2, 0.25) is 0 Å². The van der Waals surface area contributed by atoms with Gasteiger partial charge in [0.05, 0.1) is 0 Å². The average molecular weight is 218 g/mol. The molecule has 0 saturated heterocycles. The van der Waals surface area contributed by atoms with E-state index in [4.69, 9.17) is 5.11 Å². The van der Waals surface area contributed by atoms with Gasteiger partial charge >= 0.3 is 5.97 Å². The van der Waals surface area contributed by atoms with Crippen LogP contribution < -0.4 is 0 Å². The van der Waals surface area contributed by atoms with Crippen LogP contribution in [0.15, 0.2) is 12.3 Å². The van der Waals surface area contributed by atoms with Crippen molar-refractivity contribution < 1.29 is 9.90 Å². The largest absolute Gasteiger partial charge is 0.475 e. The molecule has 1 aliphatic carbocycles. The fraction of sp³-hybridized carbons (Fsp3) is 0.400. The third-order valence-electron chi connectivity index (χ3n) is 3.02. The van der Waals surface area contributed by atoms with Crippen LogP contribution in [-0.4, -0.2) is 30.7 Å². The number of carboxylic acids is 1. The second kappa shape index (κ2) is 3.26. The van der Waals surface area contributed by atoms with E-state index in [2.05, 4.69) is 15.2 Å². The van der Waals surface area contributed by atoms with Crippen LogP contribution in [0.1, 0.15) is 41.5 Å². The third-order valence-corrected chi connectivity index (χ3v) is 3.02. The maximum Gasteiger partial charge on any atom is 0.374 e. The summed E-state index contributed by atoms with van der Waals surface area (Å²) >= 11 is 0. The maximum absolute atomic E-state index is 10.8. The van der Waals surface area contributed by atoms with Crippen molar-refractivity contribution in [1.29, 1.82) is 0 Å². The van der Waals surface area contributed by atoms with Crippen molar-refractivity contribution in [2.24, 2.45) is 0 Å². The quantitative estimate of drug-likeness (QED) is 0.816. The summed E-state index contributed by atoms with van der Waals surface area (Å²) in [5.74, 6) is -0.315. The first-order chi connectivity index (χ1) is 7.75. The molecule has 1 aliphatic rings. The van der Waals surface area contributed by atoms with Crippen molar-refractivity contribution in [2.75, 3.05) is 0 Å². The van der Waals surface area contributed by atoms with Crippen molar-refractivity contribution in [3.8, 4) is 0 Å². The molecule has 6 nitrogen and oxygen atoms in total. The minimum Gasteiger partial charge on any atom is -0.475 e. The van der Waals surface area contributed by atoms with Crippen molar-refractivity contribution in [3.63, 3.8) is 0 Å². The molecule has 0 aliphatic heterocycles. The molecule has 2 heterocycles. The van der Waals surface area contributed by atoms with Gasteiger partial charge in [-0.1, -0.05) is 6.42 Å². The Labute approximate surface area is 91.0 Å². The lowest BCUT2D eigenvalue weighted by Gasteiger charge is -2.24. The molecule has 1 fully saturated rings. The molecular formula is C10H10N4O2. The van der Waals surface area contributed by atoms with Crippen LogP contribution >= 0.6 is 0 Å². The zero-order valence-corrected chi connectivity index (χ0v) is 8.50. The molecule has 1 N–H and O–H groups in total. The molecule has 0 aromatic carbocycles. The summed E-state index contributed by atoms with van der Waals surface area (Å²) in [5, 5.41) is 16.2. The lowest BCUT2D eigenvalue weighted by atomic mass is 9.83. The first kappa shape index (κ1) is 9.26. The van der Waals surface area contributed by atoms with Crippen LogP contribution in [0.5, 0.6) is 0 Å². The molecule has 6 heteroatoms. The number of aromatic carboxylic acids is 1. The van der Waals surface area contributed by atoms with E-state index in [0.717, 1.165) is 18.5 Å². The van der Waals surface area contributed by atoms with E-state index in [-0.39, 0.29) is 5.82 Å². The second-order valence-corrected chi connectivity index (χ2v) is 3.98. The van der Waals surface area contributed by atoms with Gasteiger partial charge in [-0.05, 0) is 18.9 Å². The fourth-order valence-electron chi connectivity index (χ4n) is 1.88. The molecular weight excluding hydrogens is 208 g/mol. The van der Waals surface area contributed by atoms with E-state index in [1.165, 1.54) is 10.8 Å². The van der Waals surface area contributed by atoms with Gasteiger partial charge in [0.15, 0.2) is 0 Å². The van der Waals surface area contributed by atoms with Crippen molar-refractivity contribution >= 4 is 11.7 Å². The summed E-state index contributed by atoms with van der Waals surface area (Å²) in [7, 11) is 0. The van der Waals surface area contributed by atoms with Crippen LogP contribution in [0.25, 0.3) is 5.78 Å². The highest BCUT2D eigenvalue weighted by Gasteiger charge is 2.22. The van der Waals surface area contributed by atoms with Crippen LogP contribution in [0.4, 0.5) is 0 Å². The summed E-state index contributed by atoms with van der Waals surface area (Å²) in [5.41, 5.74) is 0.989. The zero-order valence-electron chi connectivity index (χ0n) is 8.50. The Balaban J connectivity index is 2.09. The van der Waals surface area contributed by atoms with E-state index < -0.39 is 5.97 Å². The van der Waals surface area contributed by atoms with Crippen molar-refractivity contribution in [3.05, 3.63) is 23.8 Å². The summed E-state index contributed by atoms with van der Waals surface area (Å²) < 4.78 is 1.39. The lowest BCUT2D eigenvalue weighted by molar-refractivity contribution is 0.0682. The summed E-state index contributed by atoms with van der Waals surface area (Å²) in [4.78, 5) is 15.1. The third kappa shape index (κ3) is 1.26. The molecule has 0 atom stereocenters. The predicted octanol–water partition coefficient (Wildman–Crippen LogP) is 1.09. The van der Waals surface area contributed by atoms with E-state index in [0.29, 0.717) is 11.7 Å². The Morgan fingerprint density at radius 3 is 2.88 bits per heavy atom. The number of nitrogens with zero attached hydrogens (tertiary/aromatic N) is 4. The zero-order chi connectivity index (χ0) is 11.1. The van der Waals surface area contributed by atoms with Gasteiger partial charge in [-0.15, -0.1) is 10.2 Å². The minimum absolute atomic E-state index is 0.0948. The van der Waals surface area contributed by atoms with Gasteiger partial charge < -0.3 is 5.11 Å². The van der Waals surface area contributed by atoms with Gasteiger partial charge in [0.25, 0.3) is 5.78 Å². The van der Waals surface area contributed by atoms with Crippen LogP contribution in [-0.2, 0) is 0 Å². The highest BCUT2D eigenvalue weighted by atomic mass is 16.4. The first-order valence-electron chi connectivity index (χ1n) is 5.20.